The molecule has 234 valence electrons. The molecule has 1 fully saturated rings. The fourth-order valence-corrected chi connectivity index (χ4v) is 7.19. The van der Waals surface area contributed by atoms with Crippen molar-refractivity contribution in [3.8, 4) is 5.75 Å². The fraction of sp³-hybridized carbons (Fsp3) is 0.361. The Bertz CT molecular complexity index is 1640. The Kier molecular flexibility index (Phi) is 9.19. The van der Waals surface area contributed by atoms with Crippen LogP contribution in [0.5, 0.6) is 5.75 Å². The number of ether oxygens (including phenoxy) is 1. The number of nitrogens with zero attached hydrogens (tertiary/aromatic N) is 3. The number of thiophene rings is 1. The molecule has 1 saturated heterocycles. The number of likely N-dealkylation sites (N-methyl/N-ethyl adjacent to an activating group) is 1. The van der Waals surface area contributed by atoms with Gasteiger partial charge in [0.1, 0.15) is 5.75 Å². The summed E-state index contributed by atoms with van der Waals surface area (Å²) in [6, 6.07) is 14.7. The molecule has 2 aromatic carbocycles. The summed E-state index contributed by atoms with van der Waals surface area (Å²) in [5.74, 6) is -0.233. The summed E-state index contributed by atoms with van der Waals surface area (Å²) in [6.45, 7) is 5.46. The molecule has 3 aliphatic rings. The molecule has 9 heteroatoms. The van der Waals surface area contributed by atoms with Gasteiger partial charge in [-0.2, -0.15) is 0 Å². The smallest absolute Gasteiger partial charge is 0.260 e. The van der Waals surface area contributed by atoms with E-state index in [1.54, 1.807) is 34.4 Å². The van der Waals surface area contributed by atoms with Crippen LogP contribution in [-0.4, -0.2) is 73.9 Å². The van der Waals surface area contributed by atoms with Crippen LogP contribution in [0.1, 0.15) is 57.3 Å². The van der Waals surface area contributed by atoms with Gasteiger partial charge in [0.15, 0.2) is 6.61 Å². The number of hydrogen-bond donors (Lipinski definition) is 1. The van der Waals surface area contributed by atoms with Gasteiger partial charge in [-0.15, -0.1) is 11.3 Å². The highest BCUT2D eigenvalue weighted by molar-refractivity contribution is 7.10. The Morgan fingerprint density at radius 2 is 1.80 bits per heavy atom. The van der Waals surface area contributed by atoms with Gasteiger partial charge < -0.3 is 24.8 Å². The number of carbonyl (C=O) groups excluding carboxylic acids is 3. The first-order valence-electron chi connectivity index (χ1n) is 15.7. The van der Waals surface area contributed by atoms with Crippen LogP contribution < -0.4 is 15.0 Å². The third-order valence-corrected chi connectivity index (χ3v) is 9.99. The van der Waals surface area contributed by atoms with Gasteiger partial charge in [-0.25, -0.2) is 0 Å². The average Bonchev–Trinajstić information content (AvgIpc) is 3.43. The van der Waals surface area contributed by atoms with Crippen LogP contribution in [0.25, 0.3) is 0 Å². The SMILES string of the molecule is CN1CCN(C(=O)COc2cc(C(=O)N3CCCCc4sccc43)ccc2NC(=O)c2ccccc2C2(C)C=CC=CC2)CC1. The van der Waals surface area contributed by atoms with Crippen molar-refractivity contribution in [1.29, 1.82) is 0 Å². The molecular formula is C36H40N4O4S. The lowest BCUT2D eigenvalue weighted by Crippen LogP contribution is -2.48. The molecule has 6 rings (SSSR count). The van der Waals surface area contributed by atoms with Crippen LogP contribution in [0.15, 0.2) is 78.2 Å². The van der Waals surface area contributed by atoms with Crippen LogP contribution in [0.3, 0.4) is 0 Å². The summed E-state index contributed by atoms with van der Waals surface area (Å²) < 4.78 is 6.13. The number of anilines is 2. The molecule has 2 aliphatic heterocycles. The van der Waals surface area contributed by atoms with Crippen molar-refractivity contribution < 1.29 is 19.1 Å². The van der Waals surface area contributed by atoms with Gasteiger partial charge in [0, 0.05) is 54.1 Å². The van der Waals surface area contributed by atoms with Gasteiger partial charge in [0.05, 0.1) is 11.4 Å². The second-order valence-electron chi connectivity index (χ2n) is 12.2. The molecule has 1 atom stereocenters. The lowest BCUT2D eigenvalue weighted by molar-refractivity contribution is -0.134. The molecule has 0 spiro atoms. The molecule has 1 N–H and O–H groups in total. The van der Waals surface area contributed by atoms with E-state index in [-0.39, 0.29) is 29.7 Å². The minimum Gasteiger partial charge on any atom is -0.482 e. The summed E-state index contributed by atoms with van der Waals surface area (Å²) in [7, 11) is 2.04. The lowest BCUT2D eigenvalue weighted by Gasteiger charge is -2.32. The van der Waals surface area contributed by atoms with E-state index >= 15 is 0 Å². The van der Waals surface area contributed by atoms with Crippen molar-refractivity contribution in [2.75, 3.05) is 56.6 Å². The molecule has 3 amide bonds. The first kappa shape index (κ1) is 30.8. The summed E-state index contributed by atoms with van der Waals surface area (Å²) in [5.41, 5.74) is 2.99. The predicted octanol–water partition coefficient (Wildman–Crippen LogP) is 5.91. The minimum atomic E-state index is -0.319. The number of carbonyl (C=O) groups is 3. The zero-order valence-electron chi connectivity index (χ0n) is 26.0. The van der Waals surface area contributed by atoms with E-state index in [0.717, 1.165) is 50.0 Å². The number of benzene rings is 2. The van der Waals surface area contributed by atoms with E-state index in [0.29, 0.717) is 42.2 Å². The molecule has 1 aliphatic carbocycles. The minimum absolute atomic E-state index is 0.122. The van der Waals surface area contributed by atoms with Crippen LogP contribution >= 0.6 is 11.3 Å². The highest BCUT2D eigenvalue weighted by atomic mass is 32.1. The van der Waals surface area contributed by atoms with Crippen molar-refractivity contribution in [3.05, 3.63) is 99.8 Å². The topological polar surface area (TPSA) is 82.2 Å². The maximum Gasteiger partial charge on any atom is 0.260 e. The fourth-order valence-electron chi connectivity index (χ4n) is 6.26. The predicted molar refractivity (Wildman–Crippen MR) is 180 cm³/mol. The quantitative estimate of drug-likeness (QED) is 0.354. The number of fused-ring (bicyclic) bond motifs is 1. The molecule has 8 nitrogen and oxygen atoms in total. The Labute approximate surface area is 269 Å². The number of hydrogen-bond acceptors (Lipinski definition) is 6. The number of allylic oxidation sites excluding steroid dienone is 4. The zero-order valence-corrected chi connectivity index (χ0v) is 26.8. The maximum absolute atomic E-state index is 13.9. The molecule has 0 bridgehead atoms. The van der Waals surface area contributed by atoms with Crippen LogP contribution in [0, 0.1) is 0 Å². The van der Waals surface area contributed by atoms with E-state index in [1.165, 1.54) is 4.88 Å². The van der Waals surface area contributed by atoms with E-state index in [4.69, 9.17) is 4.74 Å². The maximum atomic E-state index is 13.9. The van der Waals surface area contributed by atoms with Crippen molar-refractivity contribution in [2.45, 2.75) is 38.0 Å². The Morgan fingerprint density at radius 3 is 2.60 bits per heavy atom. The Hall–Kier alpha value is -4.21. The molecule has 1 aromatic heterocycles. The van der Waals surface area contributed by atoms with E-state index < -0.39 is 0 Å². The van der Waals surface area contributed by atoms with Gasteiger partial charge in [-0.1, -0.05) is 49.4 Å². The lowest BCUT2D eigenvalue weighted by atomic mass is 9.75. The van der Waals surface area contributed by atoms with Gasteiger partial charge in [0.2, 0.25) is 0 Å². The van der Waals surface area contributed by atoms with Crippen LogP contribution in [0.2, 0.25) is 0 Å². The van der Waals surface area contributed by atoms with E-state index in [1.807, 2.05) is 59.8 Å². The molecule has 0 radical (unpaired) electrons. The van der Waals surface area contributed by atoms with Crippen molar-refractivity contribution in [2.24, 2.45) is 0 Å². The van der Waals surface area contributed by atoms with Crippen molar-refractivity contribution in [1.82, 2.24) is 9.80 Å². The summed E-state index contributed by atoms with van der Waals surface area (Å²) >= 11 is 1.68. The van der Waals surface area contributed by atoms with Crippen LogP contribution in [-0.2, 0) is 16.6 Å². The third-order valence-electron chi connectivity index (χ3n) is 9.02. The van der Waals surface area contributed by atoms with Gasteiger partial charge >= 0.3 is 0 Å². The molecule has 3 aromatic rings. The first-order valence-corrected chi connectivity index (χ1v) is 16.6. The second kappa shape index (κ2) is 13.4. The number of amides is 3. The number of rotatable bonds is 7. The van der Waals surface area contributed by atoms with E-state index in [2.05, 4.69) is 29.3 Å². The highest BCUT2D eigenvalue weighted by Crippen LogP contribution is 2.36. The Morgan fingerprint density at radius 1 is 0.978 bits per heavy atom. The number of nitrogens with one attached hydrogen (secondary N) is 1. The van der Waals surface area contributed by atoms with Crippen molar-refractivity contribution >= 4 is 40.4 Å². The third kappa shape index (κ3) is 6.74. The van der Waals surface area contributed by atoms with Gasteiger partial charge in [-0.3, -0.25) is 14.4 Å². The summed E-state index contributed by atoms with van der Waals surface area (Å²) in [5, 5.41) is 5.07. The number of aryl methyl sites for hydroxylation is 1. The molecule has 0 saturated carbocycles. The van der Waals surface area contributed by atoms with Gasteiger partial charge in [-0.05, 0) is 74.0 Å². The molecule has 45 heavy (non-hydrogen) atoms. The van der Waals surface area contributed by atoms with Crippen molar-refractivity contribution in [3.63, 3.8) is 0 Å². The normalized spacial score (nSPS) is 20.0. The number of piperazine rings is 1. The molecule has 1 unspecified atom stereocenters. The van der Waals surface area contributed by atoms with E-state index in [9.17, 15) is 14.4 Å². The zero-order chi connectivity index (χ0) is 31.4. The largest absolute Gasteiger partial charge is 0.482 e. The molecular weight excluding hydrogens is 584 g/mol. The average molecular weight is 625 g/mol. The standard InChI is InChI=1S/C36H40N4O4S/c1-36(16-7-3-8-17-36)28-11-5-4-10-27(28)34(42)37-29-14-13-26(35(43)40-18-9-6-12-32-30(40)15-23-45-32)24-31(29)44-25-33(41)39-21-19-38(2)20-22-39/h3-5,7-8,10-11,13-16,23-24H,6,9,12,17-22,25H2,1-2H3,(H,37,42). The summed E-state index contributed by atoms with van der Waals surface area (Å²) in [4.78, 5) is 47.9. The van der Waals surface area contributed by atoms with Crippen LogP contribution in [0.4, 0.5) is 11.4 Å². The first-order chi connectivity index (χ1) is 21.8. The Balaban J connectivity index is 1.28. The highest BCUT2D eigenvalue weighted by Gasteiger charge is 2.29. The monoisotopic (exact) mass is 624 g/mol. The second-order valence-corrected chi connectivity index (χ2v) is 13.2. The molecule has 3 heterocycles. The van der Waals surface area contributed by atoms with Gasteiger partial charge in [0.25, 0.3) is 17.7 Å². The summed E-state index contributed by atoms with van der Waals surface area (Å²) in [6.07, 6.45) is 12.0.